The first kappa shape index (κ1) is 18.7. The summed E-state index contributed by atoms with van der Waals surface area (Å²) in [5.41, 5.74) is 2.22. The molecule has 0 radical (unpaired) electrons. The van der Waals surface area contributed by atoms with Crippen LogP contribution in [0, 0.1) is 5.92 Å². The van der Waals surface area contributed by atoms with Gasteiger partial charge in [-0.1, -0.05) is 24.3 Å². The monoisotopic (exact) mass is 341 g/mol. The van der Waals surface area contributed by atoms with Crippen LogP contribution >= 0.6 is 24.8 Å². The minimum Gasteiger partial charge on any atom is -0.355 e. The Bertz CT molecular complexity index is 610. The number of halogens is 2. The van der Waals surface area contributed by atoms with E-state index in [0.717, 1.165) is 36.8 Å². The maximum Gasteiger partial charge on any atom is 0.224 e. The lowest BCUT2D eigenvalue weighted by molar-refractivity contribution is -0.124. The van der Waals surface area contributed by atoms with Crippen molar-refractivity contribution in [2.45, 2.75) is 12.8 Å². The highest BCUT2D eigenvalue weighted by Crippen LogP contribution is 2.16. The molecular formula is C16H21Cl2N3O. The van der Waals surface area contributed by atoms with Gasteiger partial charge in [-0.3, -0.25) is 9.78 Å². The van der Waals surface area contributed by atoms with Gasteiger partial charge in [-0.15, -0.1) is 24.8 Å². The molecular weight excluding hydrogens is 321 g/mol. The van der Waals surface area contributed by atoms with E-state index in [4.69, 9.17) is 0 Å². The largest absolute Gasteiger partial charge is 0.355 e. The summed E-state index contributed by atoms with van der Waals surface area (Å²) in [5.74, 6) is 0.309. The highest BCUT2D eigenvalue weighted by molar-refractivity contribution is 5.85. The van der Waals surface area contributed by atoms with Crippen molar-refractivity contribution in [1.82, 2.24) is 15.6 Å². The Kier molecular flexibility index (Phi) is 7.59. The SMILES string of the molecule is Cl.Cl.O=C(NCCc1cccc2cccnc12)C1CCNC1. The number of fused-ring (bicyclic) bond motifs is 1. The average molecular weight is 342 g/mol. The molecule has 2 heterocycles. The van der Waals surface area contributed by atoms with E-state index in [2.05, 4.69) is 33.8 Å². The summed E-state index contributed by atoms with van der Waals surface area (Å²) in [6.45, 7) is 2.43. The lowest BCUT2D eigenvalue weighted by Gasteiger charge is -2.10. The molecule has 6 heteroatoms. The molecule has 1 fully saturated rings. The highest BCUT2D eigenvalue weighted by atomic mass is 35.5. The summed E-state index contributed by atoms with van der Waals surface area (Å²) in [7, 11) is 0. The van der Waals surface area contributed by atoms with Gasteiger partial charge in [-0.05, 0) is 31.0 Å². The smallest absolute Gasteiger partial charge is 0.224 e. The molecule has 1 unspecified atom stereocenters. The van der Waals surface area contributed by atoms with Gasteiger partial charge in [-0.2, -0.15) is 0 Å². The number of hydrogen-bond donors (Lipinski definition) is 2. The Labute approximate surface area is 142 Å². The molecule has 22 heavy (non-hydrogen) atoms. The van der Waals surface area contributed by atoms with E-state index in [9.17, 15) is 4.79 Å². The lowest BCUT2D eigenvalue weighted by Crippen LogP contribution is -2.33. The second-order valence-corrected chi connectivity index (χ2v) is 5.22. The first-order valence-electron chi connectivity index (χ1n) is 7.15. The number of aromatic nitrogens is 1. The minimum atomic E-state index is 0. The van der Waals surface area contributed by atoms with Crippen molar-refractivity contribution in [3.8, 4) is 0 Å². The molecule has 1 saturated heterocycles. The summed E-state index contributed by atoms with van der Waals surface area (Å²) in [6.07, 6.45) is 3.58. The Morgan fingerprint density at radius 1 is 1.27 bits per heavy atom. The van der Waals surface area contributed by atoms with Crippen molar-refractivity contribution in [1.29, 1.82) is 0 Å². The number of nitrogens with one attached hydrogen (secondary N) is 2. The molecule has 1 aliphatic rings. The number of benzene rings is 1. The van der Waals surface area contributed by atoms with E-state index < -0.39 is 0 Å². The van der Waals surface area contributed by atoms with E-state index in [0.29, 0.717) is 6.54 Å². The van der Waals surface area contributed by atoms with Gasteiger partial charge in [0.05, 0.1) is 11.4 Å². The molecule has 1 aromatic carbocycles. The van der Waals surface area contributed by atoms with Crippen LogP contribution in [0.25, 0.3) is 10.9 Å². The third-order valence-electron chi connectivity index (χ3n) is 3.84. The number of hydrogen-bond acceptors (Lipinski definition) is 3. The number of pyridine rings is 1. The van der Waals surface area contributed by atoms with Gasteiger partial charge in [0, 0.05) is 24.7 Å². The van der Waals surface area contributed by atoms with Crippen molar-refractivity contribution in [3.63, 3.8) is 0 Å². The Morgan fingerprint density at radius 3 is 2.86 bits per heavy atom. The lowest BCUT2D eigenvalue weighted by atomic mass is 10.1. The highest BCUT2D eigenvalue weighted by Gasteiger charge is 2.21. The summed E-state index contributed by atoms with van der Waals surface area (Å²) < 4.78 is 0. The first-order valence-corrected chi connectivity index (χ1v) is 7.15. The molecule has 1 amide bonds. The number of nitrogens with zero attached hydrogens (tertiary/aromatic N) is 1. The maximum absolute atomic E-state index is 11.9. The van der Waals surface area contributed by atoms with Crippen LogP contribution < -0.4 is 10.6 Å². The van der Waals surface area contributed by atoms with Crippen LogP contribution in [0.4, 0.5) is 0 Å². The Hall–Kier alpha value is -1.36. The predicted octanol–water partition coefficient (Wildman–Crippen LogP) is 2.35. The fourth-order valence-corrected chi connectivity index (χ4v) is 2.71. The number of carbonyl (C=O) groups is 1. The molecule has 0 bridgehead atoms. The van der Waals surface area contributed by atoms with Crippen LogP contribution in [0.3, 0.4) is 0 Å². The van der Waals surface area contributed by atoms with E-state index >= 15 is 0 Å². The van der Waals surface area contributed by atoms with E-state index in [1.165, 1.54) is 5.56 Å². The van der Waals surface area contributed by atoms with Crippen LogP contribution in [0.1, 0.15) is 12.0 Å². The van der Waals surface area contributed by atoms with Crippen LogP contribution in [0.15, 0.2) is 36.5 Å². The maximum atomic E-state index is 11.9. The second kappa shape index (κ2) is 8.93. The summed E-state index contributed by atoms with van der Waals surface area (Å²) in [6, 6.07) is 10.2. The van der Waals surface area contributed by atoms with Gasteiger partial charge in [0.15, 0.2) is 0 Å². The molecule has 0 spiro atoms. The molecule has 120 valence electrons. The average Bonchev–Trinajstić information content (AvgIpc) is 3.02. The Morgan fingerprint density at radius 2 is 2.09 bits per heavy atom. The number of amides is 1. The van der Waals surface area contributed by atoms with E-state index in [-0.39, 0.29) is 36.6 Å². The summed E-state index contributed by atoms with van der Waals surface area (Å²) >= 11 is 0. The number of rotatable bonds is 4. The van der Waals surface area contributed by atoms with Crippen LogP contribution in [0.2, 0.25) is 0 Å². The van der Waals surface area contributed by atoms with Crippen molar-refractivity contribution in [3.05, 3.63) is 42.1 Å². The van der Waals surface area contributed by atoms with Gasteiger partial charge in [0.1, 0.15) is 0 Å². The van der Waals surface area contributed by atoms with Crippen LogP contribution in [-0.4, -0.2) is 30.5 Å². The summed E-state index contributed by atoms with van der Waals surface area (Å²) in [4.78, 5) is 16.4. The van der Waals surface area contributed by atoms with Gasteiger partial charge >= 0.3 is 0 Å². The predicted molar refractivity (Wildman–Crippen MR) is 93.9 cm³/mol. The summed E-state index contributed by atoms with van der Waals surface area (Å²) in [5, 5.41) is 7.40. The number of carbonyl (C=O) groups excluding carboxylic acids is 1. The second-order valence-electron chi connectivity index (χ2n) is 5.22. The van der Waals surface area contributed by atoms with Crippen molar-refractivity contribution in [2.75, 3.05) is 19.6 Å². The standard InChI is InChI=1S/C16H19N3O.2ClH/c20-16(14-6-9-17-11-14)19-10-7-13-4-1-3-12-5-2-8-18-15(12)13;;/h1-5,8,14,17H,6-7,9-11H2,(H,19,20);2*1H. The first-order chi connectivity index (χ1) is 9.84. The molecule has 1 aromatic heterocycles. The molecule has 0 aliphatic carbocycles. The fraction of sp³-hybridized carbons (Fsp3) is 0.375. The molecule has 1 aliphatic heterocycles. The van der Waals surface area contributed by atoms with Crippen molar-refractivity contribution in [2.24, 2.45) is 5.92 Å². The van der Waals surface area contributed by atoms with E-state index in [1.54, 1.807) is 0 Å². The molecule has 1 atom stereocenters. The third kappa shape index (κ3) is 4.32. The number of para-hydroxylation sites is 1. The van der Waals surface area contributed by atoms with E-state index in [1.807, 2.05) is 18.3 Å². The zero-order chi connectivity index (χ0) is 13.8. The molecule has 2 aromatic rings. The third-order valence-corrected chi connectivity index (χ3v) is 3.84. The zero-order valence-corrected chi connectivity index (χ0v) is 13.9. The van der Waals surface area contributed by atoms with Crippen molar-refractivity contribution < 1.29 is 4.79 Å². The normalized spacial score (nSPS) is 16.6. The fourth-order valence-electron chi connectivity index (χ4n) is 2.71. The quantitative estimate of drug-likeness (QED) is 0.897. The van der Waals surface area contributed by atoms with Crippen LogP contribution in [0.5, 0.6) is 0 Å². The molecule has 0 saturated carbocycles. The van der Waals surface area contributed by atoms with Crippen LogP contribution in [-0.2, 0) is 11.2 Å². The minimum absolute atomic E-state index is 0. The van der Waals surface area contributed by atoms with Gasteiger partial charge in [0.2, 0.25) is 5.91 Å². The van der Waals surface area contributed by atoms with Crippen molar-refractivity contribution >= 4 is 41.6 Å². The topological polar surface area (TPSA) is 54.0 Å². The Balaban J connectivity index is 0.00000121. The van der Waals surface area contributed by atoms with Gasteiger partial charge < -0.3 is 10.6 Å². The van der Waals surface area contributed by atoms with Gasteiger partial charge in [0.25, 0.3) is 0 Å². The molecule has 3 rings (SSSR count). The zero-order valence-electron chi connectivity index (χ0n) is 12.2. The molecule has 2 N–H and O–H groups in total. The van der Waals surface area contributed by atoms with Gasteiger partial charge in [-0.25, -0.2) is 0 Å². The molecule has 4 nitrogen and oxygen atoms in total.